The maximum Gasteiger partial charge on any atom is 0.384 e. The van der Waals surface area contributed by atoms with E-state index in [-0.39, 0.29) is 11.5 Å². The van der Waals surface area contributed by atoms with Crippen molar-refractivity contribution in [2.75, 3.05) is 12.4 Å². The molecule has 0 spiro atoms. The summed E-state index contributed by atoms with van der Waals surface area (Å²) in [5, 5.41) is 2.88. The van der Waals surface area contributed by atoms with Gasteiger partial charge in [0.1, 0.15) is 5.75 Å². The number of aromatic nitrogens is 2. The summed E-state index contributed by atoms with van der Waals surface area (Å²) in [6, 6.07) is 7.19. The van der Waals surface area contributed by atoms with Gasteiger partial charge >= 0.3 is 11.5 Å². The van der Waals surface area contributed by atoms with Crippen LogP contribution in [-0.2, 0) is 0 Å². The molecule has 0 saturated heterocycles. The molecule has 1 aliphatic heterocycles. The smallest absolute Gasteiger partial charge is 0.384 e. The zero-order valence-corrected chi connectivity index (χ0v) is 9.98. The molecule has 0 bridgehead atoms. The minimum Gasteiger partial charge on any atom is -0.497 e. The van der Waals surface area contributed by atoms with Crippen LogP contribution in [0.5, 0.6) is 5.75 Å². The van der Waals surface area contributed by atoms with Crippen molar-refractivity contribution in [3.05, 3.63) is 50.7 Å². The zero-order chi connectivity index (χ0) is 13.4. The number of aromatic amines is 2. The molecular weight excluding hydrogens is 248 g/mol. The van der Waals surface area contributed by atoms with Crippen molar-refractivity contribution in [2.24, 2.45) is 0 Å². The summed E-state index contributed by atoms with van der Waals surface area (Å²) >= 11 is 0. The predicted octanol–water partition coefficient (Wildman–Crippen LogP) is -0.0886. The van der Waals surface area contributed by atoms with Gasteiger partial charge in [0, 0.05) is 0 Å². The lowest BCUT2D eigenvalue weighted by molar-refractivity contribution is 0.415. The number of ether oxygens (including phenoxy) is 1. The Hall–Kier alpha value is -2.83. The molecule has 95 valence electrons. The van der Waals surface area contributed by atoms with Gasteiger partial charge in [-0.05, 0) is 24.3 Å². The van der Waals surface area contributed by atoms with Gasteiger partial charge in [0.25, 0.3) is 11.4 Å². The van der Waals surface area contributed by atoms with E-state index < -0.39 is 11.2 Å². The first kappa shape index (κ1) is 11.3. The minimum atomic E-state index is -0.578. The number of hydrogen-bond donors (Lipinski definition) is 3. The fraction of sp³-hybridized carbons (Fsp3) is 0.0833. The number of fused-ring (bicyclic) bond motifs is 1. The molecule has 0 aliphatic carbocycles. The normalized spacial score (nSPS) is 12.6. The summed E-state index contributed by atoms with van der Waals surface area (Å²) in [4.78, 5) is 31.5. The maximum atomic E-state index is 11.6. The first-order valence-corrected chi connectivity index (χ1v) is 5.54. The summed E-state index contributed by atoms with van der Waals surface area (Å²) in [6.07, 6.45) is 0. The Morgan fingerprint density at radius 2 is 1.84 bits per heavy atom. The number of H-pyrrole nitrogens is 2. The molecular formula is C12H10N4O3+. The topological polar surface area (TPSA) is 101 Å². The lowest BCUT2D eigenvalue weighted by Gasteiger charge is -2.00. The van der Waals surface area contributed by atoms with Crippen molar-refractivity contribution in [3.8, 4) is 5.75 Å². The van der Waals surface area contributed by atoms with E-state index in [9.17, 15) is 9.59 Å². The van der Waals surface area contributed by atoms with Crippen molar-refractivity contribution in [1.82, 2.24) is 15.0 Å². The molecule has 2 aromatic rings. The van der Waals surface area contributed by atoms with Crippen LogP contribution in [-0.4, -0.2) is 22.9 Å². The molecule has 3 N–H and O–H groups in total. The minimum absolute atomic E-state index is 0.236. The standard InChI is InChI=1S/C12H10N4O3/c1-19-7-4-2-6(3-5-7)9-13-8-10(14-9)15-12(18)16-11(8)17/h2-5,13H,1H3,(H2,15,16,17,18)/q+1. The number of rotatable bonds is 2. The number of methoxy groups -OCH3 is 1. The van der Waals surface area contributed by atoms with Crippen molar-refractivity contribution >= 4 is 17.3 Å². The van der Waals surface area contributed by atoms with Gasteiger partial charge in [0.05, 0.1) is 12.7 Å². The summed E-state index contributed by atoms with van der Waals surface area (Å²) in [5.41, 5.74) is -0.0426. The molecule has 2 heterocycles. The summed E-state index contributed by atoms with van der Waals surface area (Å²) in [5.74, 6) is 1.47. The highest BCUT2D eigenvalue weighted by molar-refractivity contribution is 6.12. The van der Waals surface area contributed by atoms with E-state index in [0.717, 1.165) is 11.3 Å². The van der Waals surface area contributed by atoms with E-state index in [4.69, 9.17) is 4.74 Å². The van der Waals surface area contributed by atoms with Gasteiger partial charge in [-0.1, -0.05) is 4.99 Å². The molecule has 0 fully saturated rings. The van der Waals surface area contributed by atoms with Crippen LogP contribution in [0.3, 0.4) is 0 Å². The molecule has 0 atom stereocenters. The monoisotopic (exact) mass is 258 g/mol. The molecule has 1 aromatic heterocycles. The average molecular weight is 258 g/mol. The Morgan fingerprint density at radius 3 is 2.53 bits per heavy atom. The van der Waals surface area contributed by atoms with Gasteiger partial charge in [0.2, 0.25) is 5.69 Å². The summed E-state index contributed by atoms with van der Waals surface area (Å²) in [6.45, 7) is 0. The Balaban J connectivity index is 2.01. The van der Waals surface area contributed by atoms with E-state index in [1.54, 1.807) is 19.2 Å². The molecule has 19 heavy (non-hydrogen) atoms. The van der Waals surface area contributed by atoms with Crippen LogP contribution >= 0.6 is 0 Å². The van der Waals surface area contributed by atoms with E-state index in [0.29, 0.717) is 5.84 Å². The van der Waals surface area contributed by atoms with Gasteiger partial charge in [-0.2, -0.15) is 0 Å². The molecule has 7 nitrogen and oxygen atoms in total. The maximum absolute atomic E-state index is 11.6. The lowest BCUT2D eigenvalue weighted by Crippen LogP contribution is -2.24. The second kappa shape index (κ2) is 4.13. The molecule has 7 heteroatoms. The van der Waals surface area contributed by atoms with Crippen LogP contribution < -0.4 is 26.3 Å². The third kappa shape index (κ3) is 1.90. The predicted molar refractivity (Wildman–Crippen MR) is 70.2 cm³/mol. The van der Waals surface area contributed by atoms with Crippen molar-refractivity contribution < 1.29 is 4.74 Å². The molecule has 1 aromatic carbocycles. The van der Waals surface area contributed by atoms with Crippen molar-refractivity contribution in [2.45, 2.75) is 0 Å². The number of aliphatic imine (C=N–C) groups is 1. The second-order valence-corrected chi connectivity index (χ2v) is 3.95. The van der Waals surface area contributed by atoms with Crippen LogP contribution in [0.2, 0.25) is 0 Å². The Morgan fingerprint density at radius 1 is 1.11 bits per heavy atom. The number of hydrogen-bond acceptors (Lipinski definition) is 5. The molecule has 0 amide bonds. The van der Waals surface area contributed by atoms with Gasteiger partial charge < -0.3 is 4.74 Å². The molecule has 1 radical (unpaired) electrons. The quantitative estimate of drug-likeness (QED) is 0.700. The highest BCUT2D eigenvalue weighted by Crippen LogP contribution is 2.19. The number of nitrogens with one attached hydrogen (secondary N) is 3. The van der Waals surface area contributed by atoms with Gasteiger partial charge in [-0.15, -0.1) is 0 Å². The first-order chi connectivity index (χ1) is 9.17. The second-order valence-electron chi connectivity index (χ2n) is 3.95. The fourth-order valence-corrected chi connectivity index (χ4v) is 1.82. The molecule has 0 unspecified atom stereocenters. The highest BCUT2D eigenvalue weighted by Gasteiger charge is 2.28. The number of amidine groups is 1. The molecule has 3 rings (SSSR count). The van der Waals surface area contributed by atoms with Crippen LogP contribution in [0.25, 0.3) is 0 Å². The lowest BCUT2D eigenvalue weighted by atomic mass is 10.2. The number of benzene rings is 1. The van der Waals surface area contributed by atoms with Crippen LogP contribution in [0.15, 0.2) is 33.9 Å². The largest absolute Gasteiger partial charge is 0.497 e. The molecule has 1 aliphatic rings. The summed E-state index contributed by atoms with van der Waals surface area (Å²) < 4.78 is 5.07. The number of anilines is 1. The van der Waals surface area contributed by atoms with E-state index in [1.807, 2.05) is 12.1 Å². The van der Waals surface area contributed by atoms with E-state index in [1.165, 1.54) is 0 Å². The SMILES string of the molecule is COc1ccc(C2=[N+]c3[nH]c(=O)[nH]c(=O)c3N2)cc1. The Labute approximate surface area is 107 Å². The van der Waals surface area contributed by atoms with E-state index >= 15 is 0 Å². The summed E-state index contributed by atoms with van der Waals surface area (Å²) in [7, 11) is 1.58. The van der Waals surface area contributed by atoms with Crippen LogP contribution in [0.1, 0.15) is 5.56 Å². The van der Waals surface area contributed by atoms with Crippen LogP contribution in [0.4, 0.5) is 11.5 Å². The highest BCUT2D eigenvalue weighted by atomic mass is 16.5. The average Bonchev–Trinajstić information content (AvgIpc) is 2.83. The molecule has 0 saturated carbocycles. The first-order valence-electron chi connectivity index (χ1n) is 5.54. The number of nitrogens with zero attached hydrogens (tertiary/aromatic N) is 1. The third-order valence-corrected chi connectivity index (χ3v) is 2.75. The Kier molecular flexibility index (Phi) is 2.45. The fourth-order valence-electron chi connectivity index (χ4n) is 1.82. The van der Waals surface area contributed by atoms with Crippen molar-refractivity contribution in [1.29, 1.82) is 0 Å². The zero-order valence-electron chi connectivity index (χ0n) is 9.98. The third-order valence-electron chi connectivity index (χ3n) is 2.75. The Bertz CT molecular complexity index is 771. The van der Waals surface area contributed by atoms with Crippen LogP contribution in [0, 0.1) is 0 Å². The van der Waals surface area contributed by atoms with Crippen molar-refractivity contribution in [3.63, 3.8) is 0 Å². The van der Waals surface area contributed by atoms with Gasteiger partial charge in [0.15, 0.2) is 0 Å². The van der Waals surface area contributed by atoms with Gasteiger partial charge in [-0.3, -0.25) is 15.1 Å². The van der Waals surface area contributed by atoms with E-state index in [2.05, 4.69) is 20.3 Å². The van der Waals surface area contributed by atoms with Gasteiger partial charge in [-0.25, -0.2) is 9.78 Å².